The van der Waals surface area contributed by atoms with Gasteiger partial charge in [-0.25, -0.2) is 9.67 Å². The number of aromatic nitrogens is 3. The van der Waals surface area contributed by atoms with Crippen LogP contribution in [0.5, 0.6) is 0 Å². The smallest absolute Gasteiger partial charge is 0.284 e. The van der Waals surface area contributed by atoms with Crippen molar-refractivity contribution in [3.63, 3.8) is 0 Å². The van der Waals surface area contributed by atoms with Crippen molar-refractivity contribution in [2.45, 2.75) is 39.8 Å². The largest absolute Gasteiger partial charge is 0.389 e. The number of para-hydroxylation sites is 1. The van der Waals surface area contributed by atoms with Crippen LogP contribution in [-0.2, 0) is 6.54 Å². The molecule has 0 unspecified atom stereocenters. The van der Waals surface area contributed by atoms with Crippen molar-refractivity contribution < 1.29 is 9.90 Å². The van der Waals surface area contributed by atoms with Crippen LogP contribution in [0.25, 0.3) is 5.69 Å². The van der Waals surface area contributed by atoms with E-state index in [2.05, 4.69) is 10.3 Å². The van der Waals surface area contributed by atoms with E-state index in [-0.39, 0.29) is 12.1 Å². The number of carbonyl (C=O) groups is 1. The molecule has 0 aliphatic carbocycles. The van der Waals surface area contributed by atoms with Crippen LogP contribution in [0.15, 0.2) is 53.5 Å². The average Bonchev–Trinajstić information content (AvgIpc) is 2.86. The van der Waals surface area contributed by atoms with Gasteiger partial charge in [0.15, 0.2) is 0 Å². The second kappa shape index (κ2) is 7.44. The zero-order valence-electron chi connectivity index (χ0n) is 16.4. The minimum atomic E-state index is -1.07. The first-order valence-electron chi connectivity index (χ1n) is 9.01. The molecule has 2 aromatic heterocycles. The number of hydrogen-bond donors (Lipinski definition) is 2. The molecule has 1 aromatic carbocycles. The Hall–Kier alpha value is -3.19. The van der Waals surface area contributed by atoms with Crippen LogP contribution in [0.1, 0.15) is 35.5 Å². The molecule has 1 amide bonds. The molecule has 0 aliphatic rings. The predicted octanol–water partition coefficient (Wildman–Crippen LogP) is 2.67. The summed E-state index contributed by atoms with van der Waals surface area (Å²) in [6.45, 7) is 7.06. The molecule has 0 saturated heterocycles. The molecule has 0 bridgehead atoms. The van der Waals surface area contributed by atoms with Gasteiger partial charge in [0.2, 0.25) is 0 Å². The Bertz CT molecular complexity index is 1040. The van der Waals surface area contributed by atoms with Crippen molar-refractivity contribution in [1.29, 1.82) is 0 Å². The van der Waals surface area contributed by atoms with Crippen LogP contribution in [0.2, 0.25) is 0 Å². The molecule has 0 atom stereocenters. The van der Waals surface area contributed by atoms with Crippen molar-refractivity contribution >= 4 is 11.7 Å². The third kappa shape index (κ3) is 4.04. The maximum atomic E-state index is 13.2. The first kappa shape index (κ1) is 19.6. The maximum Gasteiger partial charge on any atom is 0.284 e. The monoisotopic (exact) mass is 380 g/mol. The molecule has 0 radical (unpaired) electrons. The molecule has 3 rings (SSSR count). The van der Waals surface area contributed by atoms with E-state index in [1.54, 1.807) is 49.8 Å². The zero-order valence-corrected chi connectivity index (χ0v) is 16.4. The van der Waals surface area contributed by atoms with E-state index in [1.165, 1.54) is 4.68 Å². The van der Waals surface area contributed by atoms with Gasteiger partial charge < -0.3 is 10.4 Å². The maximum absolute atomic E-state index is 13.2. The Balaban J connectivity index is 2.10. The third-order valence-corrected chi connectivity index (χ3v) is 4.31. The highest BCUT2D eigenvalue weighted by molar-refractivity contribution is 6.04. The van der Waals surface area contributed by atoms with E-state index in [9.17, 15) is 14.7 Å². The predicted molar refractivity (Wildman–Crippen MR) is 108 cm³/mol. The van der Waals surface area contributed by atoms with Gasteiger partial charge in [-0.2, -0.15) is 0 Å². The number of hydrogen-bond acceptors (Lipinski definition) is 4. The Morgan fingerprint density at radius 2 is 1.82 bits per heavy atom. The second-order valence-corrected chi connectivity index (χ2v) is 7.46. The zero-order chi connectivity index (χ0) is 20.5. The summed E-state index contributed by atoms with van der Waals surface area (Å²) in [6, 6.07) is 12.6. The van der Waals surface area contributed by atoms with E-state index >= 15 is 0 Å². The molecule has 2 N–H and O–H groups in total. The van der Waals surface area contributed by atoms with Gasteiger partial charge in [-0.15, -0.1) is 0 Å². The highest BCUT2D eigenvalue weighted by Crippen LogP contribution is 2.16. The molecular weight excluding hydrogens is 356 g/mol. The van der Waals surface area contributed by atoms with E-state index in [0.29, 0.717) is 17.2 Å². The van der Waals surface area contributed by atoms with Gasteiger partial charge in [0.1, 0.15) is 11.4 Å². The fraction of sp³-hybridized carbons (Fsp3) is 0.286. The number of anilines is 1. The van der Waals surface area contributed by atoms with E-state index < -0.39 is 17.1 Å². The molecule has 2 heterocycles. The number of aliphatic hydroxyl groups is 1. The third-order valence-electron chi connectivity index (χ3n) is 4.31. The van der Waals surface area contributed by atoms with Crippen LogP contribution in [-0.4, -0.2) is 31.0 Å². The molecule has 0 fully saturated rings. The second-order valence-electron chi connectivity index (χ2n) is 7.46. The Labute approximate surface area is 163 Å². The van der Waals surface area contributed by atoms with Crippen LogP contribution in [0.3, 0.4) is 0 Å². The molecule has 146 valence electrons. The molecular formula is C21H24N4O3. The standard InChI is InChI=1S/C21H24N4O3/c1-14-10-11-17(22-12-14)23-19(26)18-15(2)24(13-21(3,4)28)25(20(18)27)16-8-6-5-7-9-16/h5-12,28H,13H2,1-4H3,(H,22,23,26). The number of aryl methyl sites for hydroxylation is 1. The van der Waals surface area contributed by atoms with E-state index in [4.69, 9.17) is 0 Å². The average molecular weight is 380 g/mol. The van der Waals surface area contributed by atoms with Gasteiger partial charge in [0.05, 0.1) is 23.5 Å². The van der Waals surface area contributed by atoms with Crippen molar-refractivity contribution in [3.05, 3.63) is 75.8 Å². The molecule has 7 nitrogen and oxygen atoms in total. The highest BCUT2D eigenvalue weighted by Gasteiger charge is 2.26. The van der Waals surface area contributed by atoms with Crippen LogP contribution in [0.4, 0.5) is 5.82 Å². The first-order valence-corrected chi connectivity index (χ1v) is 9.01. The summed E-state index contributed by atoms with van der Waals surface area (Å²) in [6.07, 6.45) is 1.64. The summed E-state index contributed by atoms with van der Waals surface area (Å²) in [7, 11) is 0. The molecule has 28 heavy (non-hydrogen) atoms. The van der Waals surface area contributed by atoms with Crippen LogP contribution in [0, 0.1) is 13.8 Å². The van der Waals surface area contributed by atoms with Crippen LogP contribution >= 0.6 is 0 Å². The van der Waals surface area contributed by atoms with Gasteiger partial charge in [-0.3, -0.25) is 14.3 Å². The van der Waals surface area contributed by atoms with Gasteiger partial charge in [0.25, 0.3) is 11.5 Å². The Morgan fingerprint density at radius 3 is 2.39 bits per heavy atom. The summed E-state index contributed by atoms with van der Waals surface area (Å²) in [5, 5.41) is 13.0. The molecule has 0 spiro atoms. The minimum absolute atomic E-state index is 0.0236. The van der Waals surface area contributed by atoms with Crippen LogP contribution < -0.4 is 10.9 Å². The van der Waals surface area contributed by atoms with Gasteiger partial charge in [0, 0.05) is 6.20 Å². The number of amides is 1. The van der Waals surface area contributed by atoms with Crippen molar-refractivity contribution in [2.75, 3.05) is 5.32 Å². The SMILES string of the molecule is Cc1ccc(NC(=O)c2c(C)n(CC(C)(C)O)n(-c3ccccc3)c2=O)nc1. The summed E-state index contributed by atoms with van der Waals surface area (Å²) >= 11 is 0. The number of pyridine rings is 1. The molecule has 7 heteroatoms. The van der Waals surface area contributed by atoms with E-state index in [0.717, 1.165) is 5.56 Å². The Kier molecular flexibility index (Phi) is 5.20. The number of nitrogens with zero attached hydrogens (tertiary/aromatic N) is 3. The molecule has 0 saturated carbocycles. The van der Waals surface area contributed by atoms with E-state index in [1.807, 2.05) is 31.2 Å². The van der Waals surface area contributed by atoms with Gasteiger partial charge in [-0.1, -0.05) is 24.3 Å². The number of nitrogens with one attached hydrogen (secondary N) is 1. The lowest BCUT2D eigenvalue weighted by molar-refractivity contribution is 0.0546. The Morgan fingerprint density at radius 1 is 1.14 bits per heavy atom. The number of rotatable bonds is 5. The number of benzene rings is 1. The number of carbonyl (C=O) groups excluding carboxylic acids is 1. The topological polar surface area (TPSA) is 89.2 Å². The molecule has 3 aromatic rings. The first-order chi connectivity index (χ1) is 13.2. The van der Waals surface area contributed by atoms with Gasteiger partial charge in [-0.05, 0) is 51.5 Å². The summed E-state index contributed by atoms with van der Waals surface area (Å²) in [4.78, 5) is 30.2. The summed E-state index contributed by atoms with van der Waals surface area (Å²) in [5.41, 5.74) is 0.567. The quantitative estimate of drug-likeness (QED) is 0.712. The van der Waals surface area contributed by atoms with Gasteiger partial charge >= 0.3 is 0 Å². The lowest BCUT2D eigenvalue weighted by atomic mass is 10.1. The minimum Gasteiger partial charge on any atom is -0.389 e. The lowest BCUT2D eigenvalue weighted by Crippen LogP contribution is -2.32. The summed E-state index contributed by atoms with van der Waals surface area (Å²) < 4.78 is 3.06. The molecule has 0 aliphatic heterocycles. The summed E-state index contributed by atoms with van der Waals surface area (Å²) in [5.74, 6) is -0.158. The fourth-order valence-electron chi connectivity index (χ4n) is 3.01. The highest BCUT2D eigenvalue weighted by atomic mass is 16.3. The van der Waals surface area contributed by atoms with Crippen molar-refractivity contribution in [1.82, 2.24) is 14.3 Å². The van der Waals surface area contributed by atoms with Crippen molar-refractivity contribution in [3.8, 4) is 5.69 Å². The normalized spacial score (nSPS) is 11.5. The fourth-order valence-corrected chi connectivity index (χ4v) is 3.01. The lowest BCUT2D eigenvalue weighted by Gasteiger charge is -2.22. The van der Waals surface area contributed by atoms with Crippen molar-refractivity contribution in [2.24, 2.45) is 0 Å².